The van der Waals surface area contributed by atoms with E-state index in [1.165, 1.54) is 10.8 Å². The van der Waals surface area contributed by atoms with E-state index in [0.717, 1.165) is 15.8 Å². The van der Waals surface area contributed by atoms with E-state index in [0.29, 0.717) is 0 Å². The zero-order valence-corrected chi connectivity index (χ0v) is 11.3. The molecule has 1 N–H and O–H groups in total. The van der Waals surface area contributed by atoms with Gasteiger partial charge in [0.05, 0.1) is 0 Å². The molecule has 0 saturated heterocycles. The van der Waals surface area contributed by atoms with E-state index >= 15 is 0 Å². The Balaban J connectivity index is 2.09. The van der Waals surface area contributed by atoms with Crippen molar-refractivity contribution < 1.29 is 0 Å². The Kier molecular flexibility index (Phi) is 3.03. The number of para-hydroxylation sites is 1. The molecule has 0 radical (unpaired) electrons. The van der Waals surface area contributed by atoms with Gasteiger partial charge in [-0.1, -0.05) is 52.3 Å². The quantitative estimate of drug-likeness (QED) is 0.673. The maximum absolute atomic E-state index is 3.52. The van der Waals surface area contributed by atoms with Gasteiger partial charge in [-0.3, -0.25) is 0 Å². The molecule has 3 rings (SSSR count). The largest absolute Gasteiger partial charge is 0.355 e. The maximum atomic E-state index is 3.52. The molecule has 3 aromatic carbocycles. The summed E-state index contributed by atoms with van der Waals surface area (Å²) in [6.45, 7) is 0. The van der Waals surface area contributed by atoms with Crippen LogP contribution in [0.1, 0.15) is 0 Å². The summed E-state index contributed by atoms with van der Waals surface area (Å²) in [5.74, 6) is 0. The Labute approximate surface area is 115 Å². The van der Waals surface area contributed by atoms with Gasteiger partial charge in [-0.25, -0.2) is 0 Å². The van der Waals surface area contributed by atoms with Crippen LogP contribution in [0.2, 0.25) is 0 Å². The molecule has 0 aliphatic rings. The van der Waals surface area contributed by atoms with E-state index in [9.17, 15) is 0 Å². The highest BCUT2D eigenvalue weighted by molar-refractivity contribution is 9.10. The molecule has 0 saturated carbocycles. The van der Waals surface area contributed by atoms with Crippen LogP contribution in [0.15, 0.2) is 71.2 Å². The van der Waals surface area contributed by atoms with Crippen LogP contribution in [0.5, 0.6) is 0 Å². The first-order valence-electron chi connectivity index (χ1n) is 5.83. The number of anilines is 2. The van der Waals surface area contributed by atoms with Gasteiger partial charge in [0.2, 0.25) is 0 Å². The Bertz CT molecular complexity index is 677. The number of nitrogens with one attached hydrogen (secondary N) is 1. The van der Waals surface area contributed by atoms with E-state index in [-0.39, 0.29) is 0 Å². The summed E-state index contributed by atoms with van der Waals surface area (Å²) < 4.78 is 1.09. The van der Waals surface area contributed by atoms with Gasteiger partial charge in [0.1, 0.15) is 0 Å². The van der Waals surface area contributed by atoms with Gasteiger partial charge in [-0.15, -0.1) is 0 Å². The summed E-state index contributed by atoms with van der Waals surface area (Å²) in [6, 6.07) is 22.8. The van der Waals surface area contributed by atoms with E-state index in [1.54, 1.807) is 0 Å². The highest BCUT2D eigenvalue weighted by atomic mass is 79.9. The summed E-state index contributed by atoms with van der Waals surface area (Å²) in [4.78, 5) is 0. The lowest BCUT2D eigenvalue weighted by Gasteiger charge is -2.10. The molecular weight excluding hydrogens is 286 g/mol. The van der Waals surface area contributed by atoms with Crippen molar-refractivity contribution in [2.75, 3.05) is 5.32 Å². The van der Waals surface area contributed by atoms with E-state index in [4.69, 9.17) is 0 Å². The van der Waals surface area contributed by atoms with Crippen LogP contribution in [0, 0.1) is 0 Å². The van der Waals surface area contributed by atoms with Gasteiger partial charge in [-0.05, 0) is 35.7 Å². The van der Waals surface area contributed by atoms with E-state index in [1.807, 2.05) is 18.2 Å². The summed E-state index contributed by atoms with van der Waals surface area (Å²) in [7, 11) is 0. The monoisotopic (exact) mass is 297 g/mol. The second-order valence-corrected chi connectivity index (χ2v) is 5.08. The molecule has 0 amide bonds. The van der Waals surface area contributed by atoms with Crippen molar-refractivity contribution in [3.8, 4) is 0 Å². The van der Waals surface area contributed by atoms with Gasteiger partial charge in [0.15, 0.2) is 0 Å². The van der Waals surface area contributed by atoms with Crippen LogP contribution in [0.4, 0.5) is 11.4 Å². The molecule has 0 aliphatic heterocycles. The fourth-order valence-electron chi connectivity index (χ4n) is 2.03. The smallest absolute Gasteiger partial charge is 0.0464 e. The van der Waals surface area contributed by atoms with Gasteiger partial charge in [0, 0.05) is 21.2 Å². The average Bonchev–Trinajstić information content (AvgIpc) is 2.41. The molecule has 0 bridgehead atoms. The lowest BCUT2D eigenvalue weighted by Crippen LogP contribution is -1.90. The van der Waals surface area contributed by atoms with Crippen LogP contribution in [-0.4, -0.2) is 0 Å². The first-order valence-corrected chi connectivity index (χ1v) is 6.62. The van der Waals surface area contributed by atoms with E-state index < -0.39 is 0 Å². The Morgan fingerprint density at radius 3 is 2.44 bits per heavy atom. The minimum Gasteiger partial charge on any atom is -0.355 e. The number of rotatable bonds is 2. The second kappa shape index (κ2) is 4.83. The topological polar surface area (TPSA) is 12.0 Å². The standard InChI is InChI=1S/C16H12BrN/c17-13-10-9-12-5-4-8-16(15(12)11-13)18-14-6-2-1-3-7-14/h1-11,18H. The third-order valence-corrected chi connectivity index (χ3v) is 3.39. The molecule has 2 heteroatoms. The zero-order chi connectivity index (χ0) is 12.4. The molecule has 3 aromatic rings. The average molecular weight is 298 g/mol. The minimum absolute atomic E-state index is 1.09. The Hall–Kier alpha value is -1.80. The molecule has 18 heavy (non-hydrogen) atoms. The molecule has 0 atom stereocenters. The Morgan fingerprint density at radius 2 is 1.61 bits per heavy atom. The molecule has 0 aromatic heterocycles. The summed E-state index contributed by atoms with van der Waals surface area (Å²) in [6.07, 6.45) is 0. The van der Waals surface area contributed by atoms with Crippen molar-refractivity contribution in [2.24, 2.45) is 0 Å². The summed E-state index contributed by atoms with van der Waals surface area (Å²) in [5.41, 5.74) is 2.23. The second-order valence-electron chi connectivity index (χ2n) is 4.16. The predicted octanol–water partition coefficient (Wildman–Crippen LogP) is 5.35. The van der Waals surface area contributed by atoms with Gasteiger partial charge >= 0.3 is 0 Å². The molecule has 0 heterocycles. The number of halogens is 1. The van der Waals surface area contributed by atoms with Crippen molar-refractivity contribution in [2.45, 2.75) is 0 Å². The van der Waals surface area contributed by atoms with Gasteiger partial charge in [0.25, 0.3) is 0 Å². The molecule has 1 nitrogen and oxygen atoms in total. The molecule has 0 fully saturated rings. The summed E-state index contributed by atoms with van der Waals surface area (Å²) in [5, 5.41) is 5.91. The van der Waals surface area contributed by atoms with E-state index in [2.05, 4.69) is 69.8 Å². The highest BCUT2D eigenvalue weighted by Gasteiger charge is 2.01. The van der Waals surface area contributed by atoms with Crippen LogP contribution in [0.25, 0.3) is 10.8 Å². The molecule has 0 aliphatic carbocycles. The lowest BCUT2D eigenvalue weighted by atomic mass is 10.1. The maximum Gasteiger partial charge on any atom is 0.0464 e. The summed E-state index contributed by atoms with van der Waals surface area (Å²) >= 11 is 3.52. The number of hydrogen-bond acceptors (Lipinski definition) is 1. The van der Waals surface area contributed by atoms with Crippen LogP contribution in [0.3, 0.4) is 0 Å². The minimum atomic E-state index is 1.09. The third kappa shape index (κ3) is 2.24. The Morgan fingerprint density at radius 1 is 0.778 bits per heavy atom. The zero-order valence-electron chi connectivity index (χ0n) is 9.73. The first kappa shape index (κ1) is 11.3. The fourth-order valence-corrected chi connectivity index (χ4v) is 2.39. The third-order valence-electron chi connectivity index (χ3n) is 2.90. The van der Waals surface area contributed by atoms with Gasteiger partial charge in [-0.2, -0.15) is 0 Å². The van der Waals surface area contributed by atoms with Crippen molar-refractivity contribution in [1.29, 1.82) is 0 Å². The lowest BCUT2D eigenvalue weighted by molar-refractivity contribution is 1.57. The first-order chi connectivity index (χ1) is 8.83. The fraction of sp³-hybridized carbons (Fsp3) is 0. The van der Waals surface area contributed by atoms with Crippen molar-refractivity contribution >= 4 is 38.1 Å². The number of hydrogen-bond donors (Lipinski definition) is 1. The van der Waals surface area contributed by atoms with Gasteiger partial charge < -0.3 is 5.32 Å². The van der Waals surface area contributed by atoms with Crippen LogP contribution < -0.4 is 5.32 Å². The normalized spacial score (nSPS) is 10.5. The highest BCUT2D eigenvalue weighted by Crippen LogP contribution is 2.28. The van der Waals surface area contributed by atoms with Crippen molar-refractivity contribution in [3.05, 3.63) is 71.2 Å². The molecule has 88 valence electrons. The van der Waals surface area contributed by atoms with Crippen molar-refractivity contribution in [1.82, 2.24) is 0 Å². The van der Waals surface area contributed by atoms with Crippen molar-refractivity contribution in [3.63, 3.8) is 0 Å². The molecule has 0 unspecified atom stereocenters. The number of fused-ring (bicyclic) bond motifs is 1. The number of benzene rings is 3. The SMILES string of the molecule is Brc1ccc2cccc(Nc3ccccc3)c2c1. The molecule has 0 spiro atoms. The molecular formula is C16H12BrN. The van der Waals surface area contributed by atoms with Crippen LogP contribution >= 0.6 is 15.9 Å². The predicted molar refractivity (Wildman–Crippen MR) is 81.4 cm³/mol. The van der Waals surface area contributed by atoms with Crippen LogP contribution in [-0.2, 0) is 0 Å².